The molecule has 0 bridgehead atoms. The molecule has 2 saturated heterocycles. The van der Waals surface area contributed by atoms with E-state index in [-0.39, 0.29) is 17.7 Å². The zero-order chi connectivity index (χ0) is 14.0. The molecule has 2 amide bonds. The second kappa shape index (κ2) is 5.59. The summed E-state index contributed by atoms with van der Waals surface area (Å²) in [5.41, 5.74) is 0. The lowest BCUT2D eigenvalue weighted by Crippen LogP contribution is -2.45. The fraction of sp³-hybridized carbons (Fsp3) is 0.769. The Labute approximate surface area is 112 Å². The zero-order valence-corrected chi connectivity index (χ0v) is 11.2. The maximum absolute atomic E-state index is 12.3. The van der Waals surface area contributed by atoms with Crippen LogP contribution in [0.1, 0.15) is 26.2 Å². The number of likely N-dealkylation sites (tertiary alicyclic amines) is 2. The van der Waals surface area contributed by atoms with Gasteiger partial charge in [0.05, 0.1) is 11.8 Å². The van der Waals surface area contributed by atoms with Crippen molar-refractivity contribution >= 4 is 17.8 Å². The molecule has 2 unspecified atom stereocenters. The van der Waals surface area contributed by atoms with Crippen LogP contribution in [0.15, 0.2) is 0 Å². The van der Waals surface area contributed by atoms with Gasteiger partial charge >= 0.3 is 5.97 Å². The minimum atomic E-state index is -0.829. The Morgan fingerprint density at radius 3 is 2.26 bits per heavy atom. The lowest BCUT2D eigenvalue weighted by Gasteiger charge is -2.33. The van der Waals surface area contributed by atoms with Gasteiger partial charge in [-0.3, -0.25) is 14.4 Å². The number of rotatable bonds is 2. The molecule has 6 nitrogen and oxygen atoms in total. The van der Waals surface area contributed by atoms with Gasteiger partial charge in [-0.2, -0.15) is 0 Å². The number of carboxylic acids is 1. The molecule has 2 aliphatic rings. The summed E-state index contributed by atoms with van der Waals surface area (Å²) < 4.78 is 0. The van der Waals surface area contributed by atoms with E-state index in [1.807, 2.05) is 0 Å². The highest BCUT2D eigenvalue weighted by atomic mass is 16.4. The fourth-order valence-corrected chi connectivity index (χ4v) is 2.88. The molecule has 2 aliphatic heterocycles. The molecule has 2 heterocycles. The molecule has 19 heavy (non-hydrogen) atoms. The summed E-state index contributed by atoms with van der Waals surface area (Å²) in [5, 5.41) is 8.95. The average molecular weight is 268 g/mol. The summed E-state index contributed by atoms with van der Waals surface area (Å²) in [7, 11) is 0. The second-order valence-corrected chi connectivity index (χ2v) is 5.41. The van der Waals surface area contributed by atoms with Gasteiger partial charge < -0.3 is 14.9 Å². The van der Waals surface area contributed by atoms with Crippen LogP contribution in [0.4, 0.5) is 0 Å². The van der Waals surface area contributed by atoms with Crippen LogP contribution in [0.25, 0.3) is 0 Å². The van der Waals surface area contributed by atoms with Crippen LogP contribution in [0.3, 0.4) is 0 Å². The first kappa shape index (κ1) is 13.8. The van der Waals surface area contributed by atoms with Crippen LogP contribution in [-0.4, -0.2) is 58.9 Å². The quantitative estimate of drug-likeness (QED) is 0.775. The van der Waals surface area contributed by atoms with Crippen molar-refractivity contribution in [3.8, 4) is 0 Å². The molecule has 0 aromatic carbocycles. The van der Waals surface area contributed by atoms with Gasteiger partial charge in [-0.1, -0.05) is 0 Å². The van der Waals surface area contributed by atoms with E-state index < -0.39 is 11.9 Å². The predicted octanol–water partition coefficient (Wildman–Crippen LogP) is 0.178. The summed E-state index contributed by atoms with van der Waals surface area (Å²) >= 11 is 0. The number of hydrogen-bond acceptors (Lipinski definition) is 3. The van der Waals surface area contributed by atoms with Crippen LogP contribution < -0.4 is 0 Å². The topological polar surface area (TPSA) is 77.9 Å². The number of carboxylic acid groups (broad SMARTS) is 1. The molecule has 2 fully saturated rings. The lowest BCUT2D eigenvalue weighted by atomic mass is 9.96. The predicted molar refractivity (Wildman–Crippen MR) is 67.3 cm³/mol. The van der Waals surface area contributed by atoms with E-state index in [4.69, 9.17) is 5.11 Å². The van der Waals surface area contributed by atoms with E-state index in [1.165, 1.54) is 6.92 Å². The van der Waals surface area contributed by atoms with Crippen molar-refractivity contribution < 1.29 is 19.5 Å². The van der Waals surface area contributed by atoms with Crippen LogP contribution in [-0.2, 0) is 14.4 Å². The Morgan fingerprint density at radius 2 is 1.68 bits per heavy atom. The first-order chi connectivity index (χ1) is 8.99. The second-order valence-electron chi connectivity index (χ2n) is 5.41. The zero-order valence-electron chi connectivity index (χ0n) is 11.2. The van der Waals surface area contributed by atoms with Gasteiger partial charge in [0.1, 0.15) is 0 Å². The summed E-state index contributed by atoms with van der Waals surface area (Å²) in [6, 6.07) is 0. The smallest absolute Gasteiger partial charge is 0.308 e. The molecule has 6 heteroatoms. The van der Waals surface area contributed by atoms with Gasteiger partial charge in [-0.05, 0) is 19.3 Å². The minimum Gasteiger partial charge on any atom is -0.481 e. The Kier molecular flexibility index (Phi) is 4.07. The number of carbonyl (C=O) groups excluding carboxylic acids is 2. The molecule has 1 N–H and O–H groups in total. The molecular weight excluding hydrogens is 248 g/mol. The molecule has 0 aromatic rings. The van der Waals surface area contributed by atoms with Gasteiger partial charge in [0.2, 0.25) is 11.8 Å². The number of carbonyl (C=O) groups is 3. The fourth-order valence-electron chi connectivity index (χ4n) is 2.88. The van der Waals surface area contributed by atoms with Gasteiger partial charge in [-0.15, -0.1) is 0 Å². The SMILES string of the molecule is CC(=O)N1CCCC(C(=O)N2CCC(C(=O)O)C2)C1. The summed E-state index contributed by atoms with van der Waals surface area (Å²) in [6.45, 7) is 3.54. The Morgan fingerprint density at radius 1 is 1.00 bits per heavy atom. The maximum atomic E-state index is 12.3. The molecule has 0 radical (unpaired) electrons. The summed E-state index contributed by atoms with van der Waals surface area (Å²) in [6.07, 6.45) is 2.16. The van der Waals surface area contributed by atoms with Crippen molar-refractivity contribution in [2.24, 2.45) is 11.8 Å². The van der Waals surface area contributed by atoms with E-state index in [9.17, 15) is 14.4 Å². The molecule has 0 aliphatic carbocycles. The van der Waals surface area contributed by atoms with Crippen LogP contribution in [0.2, 0.25) is 0 Å². The molecular formula is C13H20N2O4. The monoisotopic (exact) mass is 268 g/mol. The molecule has 106 valence electrons. The number of piperidine rings is 1. The van der Waals surface area contributed by atoms with Gasteiger partial charge in [-0.25, -0.2) is 0 Å². The van der Waals surface area contributed by atoms with Crippen molar-refractivity contribution in [2.45, 2.75) is 26.2 Å². The lowest BCUT2D eigenvalue weighted by molar-refractivity contribution is -0.142. The maximum Gasteiger partial charge on any atom is 0.308 e. The largest absolute Gasteiger partial charge is 0.481 e. The summed E-state index contributed by atoms with van der Waals surface area (Å²) in [5.74, 6) is -1.41. The third kappa shape index (κ3) is 3.05. The number of nitrogens with zero attached hydrogens (tertiary/aromatic N) is 2. The van der Waals surface area contributed by atoms with E-state index in [0.717, 1.165) is 19.4 Å². The van der Waals surface area contributed by atoms with Gasteiger partial charge in [0.15, 0.2) is 0 Å². The van der Waals surface area contributed by atoms with Crippen LogP contribution in [0, 0.1) is 11.8 Å². The first-order valence-electron chi connectivity index (χ1n) is 6.76. The van der Waals surface area contributed by atoms with Crippen molar-refractivity contribution in [3.63, 3.8) is 0 Å². The van der Waals surface area contributed by atoms with Crippen LogP contribution in [0.5, 0.6) is 0 Å². The number of aliphatic carboxylic acids is 1. The molecule has 2 rings (SSSR count). The number of hydrogen-bond donors (Lipinski definition) is 1. The van der Waals surface area contributed by atoms with E-state index in [1.54, 1.807) is 9.80 Å². The minimum absolute atomic E-state index is 0.00216. The normalized spacial score (nSPS) is 27.4. The average Bonchev–Trinajstić information content (AvgIpc) is 2.87. The van der Waals surface area contributed by atoms with E-state index in [0.29, 0.717) is 26.1 Å². The molecule has 0 spiro atoms. The van der Waals surface area contributed by atoms with Crippen LogP contribution >= 0.6 is 0 Å². The van der Waals surface area contributed by atoms with Crippen molar-refractivity contribution in [3.05, 3.63) is 0 Å². The Hall–Kier alpha value is -1.59. The highest BCUT2D eigenvalue weighted by molar-refractivity contribution is 5.82. The third-order valence-corrected chi connectivity index (χ3v) is 4.07. The van der Waals surface area contributed by atoms with E-state index >= 15 is 0 Å². The van der Waals surface area contributed by atoms with Crippen molar-refractivity contribution in [2.75, 3.05) is 26.2 Å². The van der Waals surface area contributed by atoms with Crippen molar-refractivity contribution in [1.29, 1.82) is 0 Å². The van der Waals surface area contributed by atoms with Gasteiger partial charge in [0.25, 0.3) is 0 Å². The Bertz CT molecular complexity index is 396. The highest BCUT2D eigenvalue weighted by Gasteiger charge is 2.35. The molecule has 0 saturated carbocycles. The van der Waals surface area contributed by atoms with E-state index in [2.05, 4.69) is 0 Å². The Balaban J connectivity index is 1.93. The number of amides is 2. The first-order valence-corrected chi connectivity index (χ1v) is 6.76. The summed E-state index contributed by atoms with van der Waals surface area (Å²) in [4.78, 5) is 37.9. The standard InChI is InChI=1S/C13H20N2O4/c1-9(16)14-5-2-3-10(7-14)12(17)15-6-4-11(8-15)13(18)19/h10-11H,2-8H2,1H3,(H,18,19). The molecule has 2 atom stereocenters. The van der Waals surface area contributed by atoms with Crippen molar-refractivity contribution in [1.82, 2.24) is 9.80 Å². The van der Waals surface area contributed by atoms with Gasteiger partial charge in [0, 0.05) is 33.1 Å². The third-order valence-electron chi connectivity index (χ3n) is 4.07. The highest BCUT2D eigenvalue weighted by Crippen LogP contribution is 2.23. The molecule has 0 aromatic heterocycles.